The first-order valence-corrected chi connectivity index (χ1v) is 2.71. The molecule has 0 aromatic heterocycles. The SMILES string of the molecule is [CH]C(O)CCCC. The third-order valence-electron chi connectivity index (χ3n) is 0.853. The highest BCUT2D eigenvalue weighted by atomic mass is 16.3. The normalized spacial score (nSPS) is 14.1. The van der Waals surface area contributed by atoms with Gasteiger partial charge >= 0.3 is 0 Å². The molecule has 0 heterocycles. The molecule has 0 aliphatic carbocycles. The second-order valence-electron chi connectivity index (χ2n) is 1.71. The van der Waals surface area contributed by atoms with Gasteiger partial charge in [0.2, 0.25) is 0 Å². The number of aliphatic hydroxyl groups is 1. The van der Waals surface area contributed by atoms with Gasteiger partial charge in [0, 0.05) is 0 Å². The van der Waals surface area contributed by atoms with Crippen LogP contribution in [0.25, 0.3) is 0 Å². The van der Waals surface area contributed by atoms with E-state index in [1.165, 1.54) is 0 Å². The van der Waals surface area contributed by atoms with Gasteiger partial charge < -0.3 is 5.11 Å². The molecule has 42 valence electrons. The van der Waals surface area contributed by atoms with Crippen LogP contribution in [0.2, 0.25) is 0 Å². The van der Waals surface area contributed by atoms with Crippen LogP contribution in [0.15, 0.2) is 0 Å². The van der Waals surface area contributed by atoms with Gasteiger partial charge in [0.25, 0.3) is 0 Å². The Balaban J connectivity index is 2.68. The molecule has 0 aliphatic heterocycles. The summed E-state index contributed by atoms with van der Waals surface area (Å²) >= 11 is 0. The molecule has 1 unspecified atom stereocenters. The number of aliphatic hydroxyl groups excluding tert-OH is 1. The van der Waals surface area contributed by atoms with Crippen molar-refractivity contribution in [3.8, 4) is 0 Å². The maximum atomic E-state index is 8.46. The standard InChI is InChI=1S/C6H12O/c1-3-4-5-6(2)7/h2,6-7H,3-5H2,1H3. The Morgan fingerprint density at radius 3 is 2.43 bits per heavy atom. The zero-order valence-corrected chi connectivity index (χ0v) is 4.72. The van der Waals surface area contributed by atoms with E-state index < -0.39 is 6.10 Å². The van der Waals surface area contributed by atoms with Gasteiger partial charge in [0.05, 0.1) is 6.10 Å². The molecule has 1 nitrogen and oxygen atoms in total. The minimum atomic E-state index is -0.597. The molecule has 0 aromatic rings. The number of hydrogen-bond donors (Lipinski definition) is 1. The van der Waals surface area contributed by atoms with Crippen molar-refractivity contribution >= 4 is 0 Å². The van der Waals surface area contributed by atoms with E-state index >= 15 is 0 Å². The maximum absolute atomic E-state index is 8.46. The highest BCUT2D eigenvalue weighted by molar-refractivity contribution is 4.54. The highest BCUT2D eigenvalue weighted by Crippen LogP contribution is 1.96. The van der Waals surface area contributed by atoms with Gasteiger partial charge in [0.15, 0.2) is 0 Å². The summed E-state index contributed by atoms with van der Waals surface area (Å²) in [5.41, 5.74) is 0. The molecule has 1 N–H and O–H groups in total. The number of hydrogen-bond acceptors (Lipinski definition) is 1. The van der Waals surface area contributed by atoms with Gasteiger partial charge in [0.1, 0.15) is 0 Å². The van der Waals surface area contributed by atoms with Crippen molar-refractivity contribution in [2.24, 2.45) is 0 Å². The minimum Gasteiger partial charge on any atom is -0.393 e. The molecule has 0 aromatic carbocycles. The van der Waals surface area contributed by atoms with Crippen molar-refractivity contribution in [1.29, 1.82) is 0 Å². The van der Waals surface area contributed by atoms with Gasteiger partial charge in [-0.25, -0.2) is 0 Å². The van der Waals surface area contributed by atoms with Gasteiger partial charge in [-0.3, -0.25) is 0 Å². The zero-order valence-electron chi connectivity index (χ0n) is 4.72. The van der Waals surface area contributed by atoms with Crippen LogP contribution < -0.4 is 0 Å². The van der Waals surface area contributed by atoms with Gasteiger partial charge in [-0.05, 0) is 13.3 Å². The summed E-state index contributed by atoms with van der Waals surface area (Å²) in [5, 5.41) is 8.46. The van der Waals surface area contributed by atoms with Crippen LogP contribution in [0.3, 0.4) is 0 Å². The van der Waals surface area contributed by atoms with Crippen molar-refractivity contribution < 1.29 is 5.11 Å². The molecule has 0 saturated heterocycles. The molecule has 0 bridgehead atoms. The van der Waals surface area contributed by atoms with Crippen LogP contribution in [0.4, 0.5) is 0 Å². The second kappa shape index (κ2) is 4.13. The van der Waals surface area contributed by atoms with E-state index in [4.69, 9.17) is 12.0 Å². The molecule has 0 aliphatic rings. The van der Waals surface area contributed by atoms with E-state index in [-0.39, 0.29) is 0 Å². The van der Waals surface area contributed by atoms with Crippen LogP contribution >= 0.6 is 0 Å². The largest absolute Gasteiger partial charge is 0.393 e. The fourth-order valence-electron chi connectivity index (χ4n) is 0.413. The van der Waals surface area contributed by atoms with Crippen LogP contribution in [-0.2, 0) is 0 Å². The highest BCUT2D eigenvalue weighted by Gasteiger charge is 1.90. The summed E-state index contributed by atoms with van der Waals surface area (Å²) in [6, 6.07) is 0. The number of unbranched alkanes of at least 4 members (excludes halogenated alkanes) is 1. The Bertz CT molecular complexity index is 33.2. The summed E-state index contributed by atoms with van der Waals surface area (Å²) in [5.74, 6) is 0. The van der Waals surface area contributed by atoms with E-state index in [2.05, 4.69) is 6.92 Å². The molecule has 0 saturated carbocycles. The molecule has 7 heavy (non-hydrogen) atoms. The quantitative estimate of drug-likeness (QED) is 0.566. The van der Waals surface area contributed by atoms with Crippen LogP contribution in [0, 0.1) is 6.92 Å². The Labute approximate surface area is 45.4 Å². The molecular formula is C6H12O. The third kappa shape index (κ3) is 5.96. The average Bonchev–Trinajstić information content (AvgIpc) is 1.61. The molecule has 0 fully saturated rings. The monoisotopic (exact) mass is 100 g/mol. The van der Waals surface area contributed by atoms with Crippen molar-refractivity contribution in [2.45, 2.75) is 32.3 Å². The van der Waals surface area contributed by atoms with E-state index in [0.717, 1.165) is 19.3 Å². The molecule has 0 amide bonds. The Morgan fingerprint density at radius 2 is 2.29 bits per heavy atom. The lowest BCUT2D eigenvalue weighted by molar-refractivity contribution is 0.206. The van der Waals surface area contributed by atoms with Crippen molar-refractivity contribution in [3.63, 3.8) is 0 Å². The topological polar surface area (TPSA) is 20.2 Å². The maximum Gasteiger partial charge on any atom is 0.0575 e. The molecule has 2 radical (unpaired) electrons. The Morgan fingerprint density at radius 1 is 1.71 bits per heavy atom. The van der Waals surface area contributed by atoms with Crippen molar-refractivity contribution in [2.75, 3.05) is 0 Å². The molecule has 0 rings (SSSR count). The first-order chi connectivity index (χ1) is 3.27. The van der Waals surface area contributed by atoms with E-state index in [1.54, 1.807) is 0 Å². The van der Waals surface area contributed by atoms with E-state index in [9.17, 15) is 0 Å². The predicted octanol–water partition coefficient (Wildman–Crippen LogP) is 1.25. The lowest BCUT2D eigenvalue weighted by Crippen LogP contribution is -1.97. The summed E-state index contributed by atoms with van der Waals surface area (Å²) in [6.07, 6.45) is 2.27. The Kier molecular flexibility index (Phi) is 4.10. The van der Waals surface area contributed by atoms with Gasteiger partial charge in [-0.15, -0.1) is 0 Å². The summed E-state index contributed by atoms with van der Waals surface area (Å²) in [4.78, 5) is 0. The first kappa shape index (κ1) is 6.96. The Hall–Kier alpha value is -0.0400. The lowest BCUT2D eigenvalue weighted by atomic mass is 10.2. The van der Waals surface area contributed by atoms with Gasteiger partial charge in [-0.2, -0.15) is 0 Å². The van der Waals surface area contributed by atoms with E-state index in [0.29, 0.717) is 0 Å². The molecule has 1 heteroatoms. The molecular weight excluding hydrogens is 88.1 g/mol. The minimum absolute atomic E-state index is 0.597. The van der Waals surface area contributed by atoms with Crippen LogP contribution in [0.1, 0.15) is 26.2 Å². The fraction of sp³-hybridized carbons (Fsp3) is 0.833. The van der Waals surface area contributed by atoms with Crippen molar-refractivity contribution in [1.82, 2.24) is 0 Å². The second-order valence-corrected chi connectivity index (χ2v) is 1.71. The van der Waals surface area contributed by atoms with Crippen LogP contribution in [0.5, 0.6) is 0 Å². The van der Waals surface area contributed by atoms with Crippen LogP contribution in [-0.4, -0.2) is 11.2 Å². The summed E-state index contributed by atoms with van der Waals surface area (Å²) in [7, 11) is 0. The summed E-state index contributed by atoms with van der Waals surface area (Å²) < 4.78 is 0. The predicted molar refractivity (Wildman–Crippen MR) is 29.8 cm³/mol. The average molecular weight is 100 g/mol. The van der Waals surface area contributed by atoms with E-state index in [1.807, 2.05) is 0 Å². The van der Waals surface area contributed by atoms with Gasteiger partial charge in [-0.1, -0.05) is 19.8 Å². The third-order valence-corrected chi connectivity index (χ3v) is 0.853. The fourth-order valence-corrected chi connectivity index (χ4v) is 0.413. The first-order valence-electron chi connectivity index (χ1n) is 2.71. The summed E-state index contributed by atoms with van der Waals surface area (Å²) in [6.45, 7) is 7.11. The molecule has 0 spiro atoms. The van der Waals surface area contributed by atoms with Crippen molar-refractivity contribution in [3.05, 3.63) is 6.92 Å². The number of rotatable bonds is 3. The zero-order chi connectivity index (χ0) is 5.70. The molecule has 1 atom stereocenters. The lowest BCUT2D eigenvalue weighted by Gasteiger charge is -1.97. The smallest absolute Gasteiger partial charge is 0.0575 e.